The van der Waals surface area contributed by atoms with Crippen LogP contribution >= 0.6 is 0 Å². The number of aliphatic hydroxyl groups excluding tert-OH is 3. The van der Waals surface area contributed by atoms with Crippen LogP contribution in [0.4, 0.5) is 0 Å². The summed E-state index contributed by atoms with van der Waals surface area (Å²) in [6, 6.07) is 17.2. The van der Waals surface area contributed by atoms with Gasteiger partial charge in [0, 0.05) is 18.2 Å². The molecule has 15 nitrogen and oxygen atoms in total. The van der Waals surface area contributed by atoms with E-state index in [1.807, 2.05) is 0 Å². The van der Waals surface area contributed by atoms with Crippen LogP contribution in [0.15, 0.2) is 72.8 Å². The van der Waals surface area contributed by atoms with Gasteiger partial charge in [-0.15, -0.1) is 0 Å². The lowest BCUT2D eigenvalue weighted by Gasteiger charge is -2.39. The minimum absolute atomic E-state index is 0.137. The Morgan fingerprint density at radius 3 is 2.18 bits per heavy atom. The van der Waals surface area contributed by atoms with Crippen molar-refractivity contribution in [3.63, 3.8) is 0 Å². The minimum atomic E-state index is -2.05. The third-order valence-corrected chi connectivity index (χ3v) is 9.06. The first kappa shape index (κ1) is 33.6. The summed E-state index contributed by atoms with van der Waals surface area (Å²) in [6.45, 7) is 0. The van der Waals surface area contributed by atoms with Gasteiger partial charge < -0.3 is 59.8 Å². The van der Waals surface area contributed by atoms with E-state index >= 15 is 0 Å². The summed E-state index contributed by atoms with van der Waals surface area (Å²) in [5, 5.41) is 83.6. The molecule has 0 amide bonds. The van der Waals surface area contributed by atoms with E-state index in [4.69, 9.17) is 18.9 Å². The molecule has 0 aromatic heterocycles. The van der Waals surface area contributed by atoms with E-state index in [1.165, 1.54) is 18.2 Å². The number of carboxylic acid groups (broad SMARTS) is 1. The van der Waals surface area contributed by atoms with Crippen LogP contribution in [0.3, 0.4) is 0 Å². The number of hydrogen-bond donors (Lipinski definition) is 8. The molecule has 3 heterocycles. The number of Topliss-reactive ketones (excluding diaryl/α,β-unsaturated/α-hetero) is 2. The minimum Gasteiger partial charge on any atom is -0.508 e. The Bertz CT molecular complexity index is 2050. The lowest BCUT2D eigenvalue weighted by Crippen LogP contribution is -2.61. The molecule has 8 unspecified atom stereocenters. The number of aliphatic hydroxyl groups is 3. The second-order valence-electron chi connectivity index (χ2n) is 12.3. The molecule has 8 N–H and O–H groups in total. The molecule has 4 aromatic rings. The number of carbonyl (C=O) groups excluding carboxylic acids is 2. The first-order valence-electron chi connectivity index (χ1n) is 15.6. The largest absolute Gasteiger partial charge is 0.508 e. The number of ether oxygens (including phenoxy) is 4. The standard InChI is InChI=1S/C36H30O15/c37-16-8-4-7-15(9-16)21-12-19(40)25-23(50-36-31(45)29(43)30(44)34(51-36)35(46)47)13-20(41)26(33(25)48-21)27-28(42)24-18(39)10-17(38)11-22(24)49-32(27)14-5-2-1-3-6-14/h1-11,13,21,27,29-32,34,36-39,41,43-45H,12H2,(H,46,47). The van der Waals surface area contributed by atoms with Crippen molar-refractivity contribution in [3.8, 4) is 40.2 Å². The number of aromatic hydroxyl groups is 4. The maximum Gasteiger partial charge on any atom is 0.335 e. The summed E-state index contributed by atoms with van der Waals surface area (Å²) < 4.78 is 23.6. The normalized spacial score (nSPS) is 27.0. The van der Waals surface area contributed by atoms with Crippen molar-refractivity contribution in [2.24, 2.45) is 0 Å². The van der Waals surface area contributed by atoms with Gasteiger partial charge in [-0.2, -0.15) is 0 Å². The molecule has 3 aliphatic rings. The zero-order chi connectivity index (χ0) is 36.3. The molecule has 1 saturated heterocycles. The molecule has 1 fully saturated rings. The molecule has 0 saturated carbocycles. The zero-order valence-corrected chi connectivity index (χ0v) is 26.2. The first-order chi connectivity index (χ1) is 24.3. The fourth-order valence-corrected chi connectivity index (χ4v) is 6.67. The second kappa shape index (κ2) is 12.8. The van der Waals surface area contributed by atoms with Crippen LogP contribution < -0.4 is 14.2 Å². The van der Waals surface area contributed by atoms with Crippen molar-refractivity contribution in [1.29, 1.82) is 0 Å². The van der Waals surface area contributed by atoms with Crippen molar-refractivity contribution in [2.75, 3.05) is 0 Å². The Hall–Kier alpha value is -5.87. The summed E-state index contributed by atoms with van der Waals surface area (Å²) in [5.41, 5.74) is -0.173. The van der Waals surface area contributed by atoms with Gasteiger partial charge in [0.05, 0.1) is 17.9 Å². The highest BCUT2D eigenvalue weighted by Crippen LogP contribution is 2.55. The Morgan fingerprint density at radius 2 is 1.47 bits per heavy atom. The van der Waals surface area contributed by atoms with Gasteiger partial charge in [0.1, 0.15) is 81.9 Å². The smallest absolute Gasteiger partial charge is 0.335 e. The Balaban J connectivity index is 1.42. The Kier molecular flexibility index (Phi) is 8.43. The fourth-order valence-electron chi connectivity index (χ4n) is 6.67. The molecule has 0 spiro atoms. The van der Waals surface area contributed by atoms with E-state index in [0.29, 0.717) is 11.1 Å². The van der Waals surface area contributed by atoms with Crippen molar-refractivity contribution in [2.45, 2.75) is 55.3 Å². The third-order valence-electron chi connectivity index (χ3n) is 9.06. The van der Waals surface area contributed by atoms with Crippen LogP contribution in [0.2, 0.25) is 0 Å². The average Bonchev–Trinajstić information content (AvgIpc) is 3.08. The number of carboxylic acids is 1. The van der Waals surface area contributed by atoms with E-state index in [0.717, 1.165) is 18.2 Å². The summed E-state index contributed by atoms with van der Waals surface area (Å²) in [5.74, 6) is -7.50. The monoisotopic (exact) mass is 702 g/mol. The molecule has 0 bridgehead atoms. The first-order valence-corrected chi connectivity index (χ1v) is 15.6. The third kappa shape index (κ3) is 5.81. The lowest BCUT2D eigenvalue weighted by molar-refractivity contribution is -0.271. The van der Waals surface area contributed by atoms with Gasteiger partial charge in [-0.05, 0) is 23.3 Å². The van der Waals surface area contributed by atoms with Crippen molar-refractivity contribution >= 4 is 17.5 Å². The van der Waals surface area contributed by atoms with E-state index in [-0.39, 0.29) is 46.1 Å². The number of phenols is 4. The quantitative estimate of drug-likeness (QED) is 0.144. The molecule has 0 radical (unpaired) electrons. The maximum absolute atomic E-state index is 14.5. The topological polar surface area (TPSA) is 250 Å². The van der Waals surface area contributed by atoms with E-state index < -0.39 is 83.6 Å². The van der Waals surface area contributed by atoms with Crippen LogP contribution in [-0.4, -0.2) is 89.1 Å². The van der Waals surface area contributed by atoms with Gasteiger partial charge in [0.2, 0.25) is 6.29 Å². The van der Waals surface area contributed by atoms with E-state index in [2.05, 4.69) is 0 Å². The van der Waals surface area contributed by atoms with E-state index in [1.54, 1.807) is 36.4 Å². The molecule has 4 aromatic carbocycles. The van der Waals surface area contributed by atoms with Gasteiger partial charge in [-0.3, -0.25) is 9.59 Å². The molecular weight excluding hydrogens is 672 g/mol. The van der Waals surface area contributed by atoms with Crippen LogP contribution in [0.5, 0.6) is 40.2 Å². The predicted octanol–water partition coefficient (Wildman–Crippen LogP) is 2.59. The summed E-state index contributed by atoms with van der Waals surface area (Å²) in [6.07, 6.45) is -12.8. The molecular formula is C36H30O15. The molecule has 264 valence electrons. The number of aliphatic carboxylic acids is 1. The molecule has 51 heavy (non-hydrogen) atoms. The highest BCUT2D eigenvalue weighted by Gasteiger charge is 2.50. The molecule has 7 rings (SSSR count). The van der Waals surface area contributed by atoms with E-state index in [9.17, 15) is 55.2 Å². The lowest BCUT2D eigenvalue weighted by atomic mass is 9.78. The molecule has 3 aliphatic heterocycles. The molecule has 0 aliphatic carbocycles. The Labute approximate surface area is 287 Å². The number of fused-ring (bicyclic) bond motifs is 2. The summed E-state index contributed by atoms with van der Waals surface area (Å²) in [4.78, 5) is 40.3. The van der Waals surface area contributed by atoms with Crippen molar-refractivity contribution in [3.05, 3.63) is 101 Å². The van der Waals surface area contributed by atoms with Crippen LogP contribution in [0.1, 0.15) is 62.0 Å². The second-order valence-corrected chi connectivity index (χ2v) is 12.3. The van der Waals surface area contributed by atoms with Crippen molar-refractivity contribution < 1.29 is 74.2 Å². The van der Waals surface area contributed by atoms with Gasteiger partial charge in [-0.1, -0.05) is 42.5 Å². The maximum atomic E-state index is 14.5. The van der Waals surface area contributed by atoms with Crippen LogP contribution in [0, 0.1) is 0 Å². The zero-order valence-electron chi connectivity index (χ0n) is 26.2. The molecule has 15 heteroatoms. The van der Waals surface area contributed by atoms with Crippen molar-refractivity contribution in [1.82, 2.24) is 0 Å². The average molecular weight is 703 g/mol. The van der Waals surface area contributed by atoms with Crippen LogP contribution in [0.25, 0.3) is 0 Å². The Morgan fingerprint density at radius 1 is 0.745 bits per heavy atom. The number of benzene rings is 4. The van der Waals surface area contributed by atoms with Crippen LogP contribution in [-0.2, 0) is 9.53 Å². The summed E-state index contributed by atoms with van der Waals surface area (Å²) in [7, 11) is 0. The molecule has 8 atom stereocenters. The number of carbonyl (C=O) groups is 3. The number of phenolic OH excluding ortho intramolecular Hbond substituents is 4. The van der Waals surface area contributed by atoms with Gasteiger partial charge in [0.15, 0.2) is 17.7 Å². The SMILES string of the molecule is O=C1CC(c2cccc(O)c2)Oc2c1c(OC1OC(C(=O)O)C(O)C(O)C1O)cc(O)c2C1C(=O)c2c(O)cc(O)cc2OC1c1ccccc1. The number of ketones is 2. The highest BCUT2D eigenvalue weighted by molar-refractivity contribution is 6.09. The summed E-state index contributed by atoms with van der Waals surface area (Å²) >= 11 is 0. The highest BCUT2D eigenvalue weighted by atomic mass is 16.7. The fraction of sp³-hybridized carbons (Fsp3) is 0.250. The number of rotatable bonds is 6. The number of hydrogen-bond acceptors (Lipinski definition) is 14. The van der Waals surface area contributed by atoms with Gasteiger partial charge in [-0.25, -0.2) is 4.79 Å². The van der Waals surface area contributed by atoms with Gasteiger partial charge in [0.25, 0.3) is 0 Å². The predicted molar refractivity (Wildman–Crippen MR) is 170 cm³/mol. The van der Waals surface area contributed by atoms with Gasteiger partial charge >= 0.3 is 5.97 Å².